The minimum Gasteiger partial charge on any atom is -0.392 e. The van der Waals surface area contributed by atoms with Gasteiger partial charge in [0.2, 0.25) is 17.7 Å². The van der Waals surface area contributed by atoms with E-state index in [1.165, 1.54) is 26.2 Å². The predicted octanol–water partition coefficient (Wildman–Crippen LogP) is 6.30. The maximum absolute atomic E-state index is 13.7. The first-order valence-electron chi connectivity index (χ1n) is 18.7. The zero-order valence-electron chi connectivity index (χ0n) is 30.4. The van der Waals surface area contributed by atoms with Crippen molar-refractivity contribution in [3.8, 4) is 0 Å². The molecule has 2 heterocycles. The molecule has 1 saturated carbocycles. The number of piperidine rings is 1. The van der Waals surface area contributed by atoms with Gasteiger partial charge in [-0.2, -0.15) is 0 Å². The van der Waals surface area contributed by atoms with Gasteiger partial charge in [-0.1, -0.05) is 55.7 Å². The van der Waals surface area contributed by atoms with Crippen molar-refractivity contribution >= 4 is 23.4 Å². The van der Waals surface area contributed by atoms with Crippen molar-refractivity contribution < 1.29 is 29.0 Å². The average Bonchev–Trinajstić information content (AvgIpc) is 3.09. The van der Waals surface area contributed by atoms with Crippen LogP contribution in [0.2, 0.25) is 0 Å². The molecule has 2 aliphatic heterocycles. The highest BCUT2D eigenvalue weighted by atomic mass is 16.7. The zero-order chi connectivity index (χ0) is 35.7. The number of nitrogens with zero attached hydrogens (tertiary/aromatic N) is 1. The molecule has 2 saturated heterocycles. The summed E-state index contributed by atoms with van der Waals surface area (Å²) in [5.41, 5.74) is 3.04. The summed E-state index contributed by atoms with van der Waals surface area (Å²) in [6.07, 6.45) is 9.01. The van der Waals surface area contributed by atoms with E-state index in [0.29, 0.717) is 43.6 Å². The normalized spacial score (nSPS) is 25.7. The third kappa shape index (κ3) is 10.8. The van der Waals surface area contributed by atoms with Crippen LogP contribution >= 0.6 is 0 Å². The molecule has 2 aromatic rings. The zero-order valence-corrected chi connectivity index (χ0v) is 30.4. The van der Waals surface area contributed by atoms with Crippen LogP contribution in [0.1, 0.15) is 127 Å². The van der Waals surface area contributed by atoms with Crippen LogP contribution in [0.3, 0.4) is 0 Å². The van der Waals surface area contributed by atoms with Gasteiger partial charge < -0.3 is 30.5 Å². The summed E-state index contributed by atoms with van der Waals surface area (Å²) in [6.45, 7) is 8.84. The van der Waals surface area contributed by atoms with E-state index in [1.807, 2.05) is 69.3 Å². The summed E-state index contributed by atoms with van der Waals surface area (Å²) in [7, 11) is 0. The number of amides is 3. The number of ether oxygens (including phenoxy) is 2. The number of nitrogens with one attached hydrogen (secondary N) is 3. The fourth-order valence-corrected chi connectivity index (χ4v) is 7.83. The number of rotatable bonds is 13. The third-order valence-electron chi connectivity index (χ3n) is 10.2. The first kappa shape index (κ1) is 37.9. The van der Waals surface area contributed by atoms with Crippen LogP contribution < -0.4 is 16.0 Å². The van der Waals surface area contributed by atoms with Gasteiger partial charge in [0.25, 0.3) is 0 Å². The number of carbonyl (C=O) groups excluding carboxylic acids is 3. The van der Waals surface area contributed by atoms with Crippen LogP contribution in [0.15, 0.2) is 48.5 Å². The summed E-state index contributed by atoms with van der Waals surface area (Å²) in [4.78, 5) is 40.1. The van der Waals surface area contributed by atoms with Crippen LogP contribution in [0.25, 0.3) is 0 Å². The Labute approximate surface area is 298 Å². The second kappa shape index (κ2) is 17.8. The molecule has 0 radical (unpaired) electrons. The second-order valence-electron chi connectivity index (χ2n) is 15.5. The Morgan fingerprint density at radius 3 is 2.44 bits per heavy atom. The number of likely N-dealkylation sites (tertiary alicyclic amines) is 1. The molecule has 2 aromatic carbocycles. The lowest BCUT2D eigenvalue weighted by Crippen LogP contribution is -2.61. The topological polar surface area (TPSA) is 129 Å². The molecule has 0 bridgehead atoms. The van der Waals surface area contributed by atoms with Crippen LogP contribution in [0.4, 0.5) is 5.69 Å². The molecule has 50 heavy (non-hydrogen) atoms. The molecule has 5 rings (SSSR count). The van der Waals surface area contributed by atoms with Gasteiger partial charge in [0.15, 0.2) is 6.29 Å². The molecular weight excluding hydrogens is 632 g/mol. The number of hydrogen-bond donors (Lipinski definition) is 4. The summed E-state index contributed by atoms with van der Waals surface area (Å²) >= 11 is 0. The van der Waals surface area contributed by atoms with E-state index < -0.39 is 6.29 Å². The highest BCUT2D eigenvalue weighted by Gasteiger charge is 2.44. The van der Waals surface area contributed by atoms with E-state index in [9.17, 15) is 19.5 Å². The first-order valence-corrected chi connectivity index (χ1v) is 18.7. The fourth-order valence-electron chi connectivity index (χ4n) is 7.83. The quantitative estimate of drug-likeness (QED) is 0.182. The Hall–Kier alpha value is -3.31. The van der Waals surface area contributed by atoms with Gasteiger partial charge in [-0.15, -0.1) is 0 Å². The fraction of sp³-hybridized carbons (Fsp3) is 0.625. The van der Waals surface area contributed by atoms with E-state index in [-0.39, 0.29) is 48.1 Å². The molecule has 6 atom stereocenters. The number of carbonyl (C=O) groups is 3. The standard InChI is InChI=1S/C40H58N4O6/c1-27(46)41-22-9-5-6-15-37(47)42-32-13-10-12-31(23-32)39-49-33(24-36(50-39)30-18-16-28(26-45)17-19-30)25-44-34-14-8-7-11-29(34)20-21-35(44)38(48)43-40(2,3)4/h10,12-13,16-19,23,29,33-36,39,45H,5-9,11,14-15,20-22,24-26H2,1-4H3,(H,41,46)(H,42,47)(H,43,48)/t29-,33-,34-,35-,36+,39+/m1/s1. The van der Waals surface area contributed by atoms with Gasteiger partial charge in [0.1, 0.15) is 0 Å². The molecule has 274 valence electrons. The van der Waals surface area contributed by atoms with Crippen molar-refractivity contribution in [1.82, 2.24) is 15.5 Å². The van der Waals surface area contributed by atoms with Crippen LogP contribution in [0, 0.1) is 5.92 Å². The molecular formula is C40H58N4O6. The van der Waals surface area contributed by atoms with Crippen LogP contribution in [-0.4, -0.2) is 64.5 Å². The molecule has 10 nitrogen and oxygen atoms in total. The van der Waals surface area contributed by atoms with Gasteiger partial charge in [-0.25, -0.2) is 0 Å². The van der Waals surface area contributed by atoms with Gasteiger partial charge in [0.05, 0.1) is 24.9 Å². The molecule has 3 fully saturated rings. The smallest absolute Gasteiger partial charge is 0.237 e. The largest absolute Gasteiger partial charge is 0.392 e. The maximum Gasteiger partial charge on any atom is 0.237 e. The lowest BCUT2D eigenvalue weighted by molar-refractivity contribution is -0.255. The van der Waals surface area contributed by atoms with E-state index in [2.05, 4.69) is 20.9 Å². The minimum atomic E-state index is -0.671. The van der Waals surface area contributed by atoms with Crippen molar-refractivity contribution in [2.75, 3.05) is 18.4 Å². The first-order chi connectivity index (χ1) is 24.0. The average molecular weight is 691 g/mol. The van der Waals surface area contributed by atoms with Crippen LogP contribution in [-0.2, 0) is 30.5 Å². The van der Waals surface area contributed by atoms with Gasteiger partial charge >= 0.3 is 0 Å². The molecule has 3 aliphatic rings. The van der Waals surface area contributed by atoms with E-state index in [4.69, 9.17) is 9.47 Å². The molecule has 0 spiro atoms. The number of anilines is 1. The van der Waals surface area contributed by atoms with Crippen molar-refractivity contribution in [3.05, 3.63) is 65.2 Å². The summed E-state index contributed by atoms with van der Waals surface area (Å²) in [5.74, 6) is 0.594. The molecule has 1 aliphatic carbocycles. The lowest BCUT2D eigenvalue weighted by atomic mass is 9.75. The molecule has 10 heteroatoms. The number of hydrogen-bond acceptors (Lipinski definition) is 7. The Morgan fingerprint density at radius 1 is 0.920 bits per heavy atom. The Morgan fingerprint density at radius 2 is 1.70 bits per heavy atom. The van der Waals surface area contributed by atoms with Crippen molar-refractivity contribution in [1.29, 1.82) is 0 Å². The van der Waals surface area contributed by atoms with Gasteiger partial charge in [-0.05, 0) is 88.5 Å². The lowest BCUT2D eigenvalue weighted by Gasteiger charge is -2.50. The van der Waals surface area contributed by atoms with E-state index in [1.54, 1.807) is 0 Å². The molecule has 0 aromatic heterocycles. The number of aliphatic hydroxyl groups excluding tert-OH is 1. The number of aliphatic hydroxyl groups is 1. The Kier molecular flexibility index (Phi) is 13.5. The SMILES string of the molecule is CC(=O)NCCCCCC(=O)Nc1cccc([C@H]2O[C@@H](CN3[C@@H](C(=O)NC(C)(C)C)CC[C@H]4CCCC[C@H]43)C[C@@H](c3ccc(CO)cc3)O2)c1. The Balaban J connectivity index is 1.33. The van der Waals surface area contributed by atoms with Crippen molar-refractivity contribution in [2.24, 2.45) is 5.92 Å². The molecule has 3 amide bonds. The third-order valence-corrected chi connectivity index (χ3v) is 10.2. The monoisotopic (exact) mass is 690 g/mol. The second-order valence-corrected chi connectivity index (χ2v) is 15.5. The molecule has 4 N–H and O–H groups in total. The minimum absolute atomic E-state index is 0.0225. The van der Waals surface area contributed by atoms with Gasteiger partial charge in [0, 0.05) is 55.7 Å². The van der Waals surface area contributed by atoms with Gasteiger partial charge in [-0.3, -0.25) is 19.3 Å². The predicted molar refractivity (Wildman–Crippen MR) is 194 cm³/mol. The van der Waals surface area contributed by atoms with Crippen molar-refractivity contribution in [2.45, 2.75) is 141 Å². The number of fused-ring (bicyclic) bond motifs is 1. The van der Waals surface area contributed by atoms with Crippen LogP contribution in [0.5, 0.6) is 0 Å². The highest BCUT2D eigenvalue weighted by molar-refractivity contribution is 5.90. The van der Waals surface area contributed by atoms with Crippen molar-refractivity contribution in [3.63, 3.8) is 0 Å². The summed E-state index contributed by atoms with van der Waals surface area (Å²) in [6, 6.07) is 15.7. The number of unbranched alkanes of at least 4 members (excludes halogenated alkanes) is 2. The molecule has 0 unspecified atom stereocenters. The van der Waals surface area contributed by atoms with E-state index in [0.717, 1.165) is 55.2 Å². The maximum atomic E-state index is 13.7. The Bertz CT molecular complexity index is 1430. The highest BCUT2D eigenvalue weighted by Crippen LogP contribution is 2.42. The summed E-state index contributed by atoms with van der Waals surface area (Å²) < 4.78 is 13.4. The number of benzene rings is 2. The summed E-state index contributed by atoms with van der Waals surface area (Å²) in [5, 5.41) is 18.7. The van der Waals surface area contributed by atoms with E-state index >= 15 is 0 Å².